The van der Waals surface area contributed by atoms with Crippen molar-refractivity contribution in [1.29, 1.82) is 0 Å². The first kappa shape index (κ1) is 41.4. The number of thioether (sulfide) groups is 1. The maximum Gasteiger partial charge on any atom is 0.453 e. The third kappa shape index (κ3) is 10.6. The second kappa shape index (κ2) is 16.3. The van der Waals surface area contributed by atoms with E-state index in [1.54, 1.807) is 20.8 Å². The lowest BCUT2D eigenvalue weighted by atomic mass is 10.0. The molecule has 0 aromatic heterocycles. The summed E-state index contributed by atoms with van der Waals surface area (Å²) in [7, 11) is -4.49. The Bertz CT molecular complexity index is 1400. The van der Waals surface area contributed by atoms with Crippen LogP contribution in [0.2, 0.25) is 0 Å². The summed E-state index contributed by atoms with van der Waals surface area (Å²) in [6, 6.07) is 3.79. The van der Waals surface area contributed by atoms with Crippen LogP contribution in [-0.4, -0.2) is 82.0 Å². The summed E-state index contributed by atoms with van der Waals surface area (Å²) >= 11 is 1.38. The average Bonchev–Trinajstić information content (AvgIpc) is 3.08. The van der Waals surface area contributed by atoms with E-state index in [0.717, 1.165) is 43.4 Å². The number of benzene rings is 1. The van der Waals surface area contributed by atoms with E-state index in [2.05, 4.69) is 4.72 Å². The zero-order valence-corrected chi connectivity index (χ0v) is 29.9. The summed E-state index contributed by atoms with van der Waals surface area (Å²) in [5.74, 6) is -4.11. The molecule has 0 unspecified atom stereocenters. The van der Waals surface area contributed by atoms with Crippen LogP contribution in [0.4, 0.5) is 42.9 Å². The summed E-state index contributed by atoms with van der Waals surface area (Å²) in [4.78, 5) is 41.0. The van der Waals surface area contributed by atoms with Crippen molar-refractivity contribution in [3.05, 3.63) is 23.8 Å². The molecule has 1 heterocycles. The highest BCUT2D eigenvalue weighted by Gasteiger charge is 2.56. The number of nitrogens with zero attached hydrogens (tertiary/aromatic N) is 3. The van der Waals surface area contributed by atoms with E-state index in [9.17, 15) is 49.9 Å². The van der Waals surface area contributed by atoms with E-state index in [0.29, 0.717) is 28.6 Å². The minimum Gasteiger partial charge on any atom is -0.464 e. The maximum atomic E-state index is 13.4. The normalized spacial score (nSPS) is 15.7. The summed E-state index contributed by atoms with van der Waals surface area (Å²) in [6.07, 6.45) is -2.48. The minimum absolute atomic E-state index is 0.0930. The summed E-state index contributed by atoms with van der Waals surface area (Å²) in [5.41, 5.74) is -1.65. The largest absolute Gasteiger partial charge is 0.464 e. The number of carbonyl (C=O) groups excluding carboxylic acids is 2. The number of carbonyl (C=O) groups is 3. The molecule has 17 heteroatoms. The number of nitrogens with one attached hydrogen (secondary N) is 1. The highest BCUT2D eigenvalue weighted by Crippen LogP contribution is 2.39. The van der Waals surface area contributed by atoms with E-state index in [-0.39, 0.29) is 23.5 Å². The van der Waals surface area contributed by atoms with Gasteiger partial charge in [-0.15, -0.1) is 0 Å². The number of hydrogen-bond acceptors (Lipinski definition) is 6. The van der Waals surface area contributed by atoms with Crippen molar-refractivity contribution in [2.24, 2.45) is 0 Å². The fourth-order valence-corrected chi connectivity index (χ4v) is 7.76. The molecular weight excluding hydrogens is 683 g/mol. The van der Waals surface area contributed by atoms with Crippen LogP contribution in [0.25, 0.3) is 0 Å². The van der Waals surface area contributed by atoms with Gasteiger partial charge in [-0.05, 0) is 96.1 Å². The van der Waals surface area contributed by atoms with Gasteiger partial charge in [0.25, 0.3) is 5.91 Å². The molecule has 1 fully saturated rings. The molecule has 0 aliphatic carbocycles. The first-order chi connectivity index (χ1) is 21.9. The Morgan fingerprint density at radius 3 is 2.00 bits per heavy atom. The number of urea groups is 1. The molecule has 2 rings (SSSR count). The molecule has 1 aromatic carbocycles. The van der Waals surface area contributed by atoms with Crippen molar-refractivity contribution in [1.82, 2.24) is 9.21 Å². The highest BCUT2D eigenvalue weighted by molar-refractivity contribution is 7.99. The van der Waals surface area contributed by atoms with Crippen molar-refractivity contribution in [2.75, 3.05) is 27.7 Å². The van der Waals surface area contributed by atoms with Crippen LogP contribution in [0, 0.1) is 6.92 Å². The van der Waals surface area contributed by atoms with E-state index >= 15 is 0 Å². The SMILES string of the molecule is Cc1cc(N2C(=O)N(CCCCCCCCCSCCCC(F)(F)C(F)(F)F)C(C)(C)C2=O)ccc1NS(=O)(=O)N(C(=O)O)C(C)(C)C. The first-order valence-electron chi connectivity index (χ1n) is 15.8. The monoisotopic (exact) mass is 730 g/mol. The molecule has 0 radical (unpaired) electrons. The Morgan fingerprint density at radius 2 is 1.48 bits per heavy atom. The third-order valence-electron chi connectivity index (χ3n) is 7.92. The minimum atomic E-state index is -5.50. The summed E-state index contributed by atoms with van der Waals surface area (Å²) in [6.45, 7) is 9.57. The molecule has 0 bridgehead atoms. The van der Waals surface area contributed by atoms with Gasteiger partial charge in [0.05, 0.1) is 16.9 Å². The van der Waals surface area contributed by atoms with Gasteiger partial charge < -0.3 is 10.0 Å². The van der Waals surface area contributed by atoms with Gasteiger partial charge in [-0.1, -0.05) is 32.1 Å². The van der Waals surface area contributed by atoms with Crippen molar-refractivity contribution in [3.63, 3.8) is 0 Å². The molecule has 2 N–H and O–H groups in total. The molecule has 1 aliphatic rings. The molecule has 1 aromatic rings. The fourth-order valence-electron chi connectivity index (χ4n) is 5.27. The van der Waals surface area contributed by atoms with Crippen LogP contribution in [0.15, 0.2) is 18.2 Å². The predicted octanol–water partition coefficient (Wildman–Crippen LogP) is 8.42. The molecule has 0 spiro atoms. The smallest absolute Gasteiger partial charge is 0.453 e. The molecule has 1 aliphatic heterocycles. The van der Waals surface area contributed by atoms with Gasteiger partial charge in [0.1, 0.15) is 5.54 Å². The third-order valence-corrected chi connectivity index (χ3v) is 10.7. The van der Waals surface area contributed by atoms with Crippen LogP contribution in [0.5, 0.6) is 0 Å². The lowest BCUT2D eigenvalue weighted by Crippen LogP contribution is -2.51. The Balaban J connectivity index is 1.82. The van der Waals surface area contributed by atoms with Crippen LogP contribution in [-0.2, 0) is 15.0 Å². The van der Waals surface area contributed by atoms with Gasteiger partial charge in [-0.25, -0.2) is 14.5 Å². The van der Waals surface area contributed by atoms with E-state index in [1.165, 1.54) is 55.6 Å². The van der Waals surface area contributed by atoms with Crippen LogP contribution < -0.4 is 9.62 Å². The van der Waals surface area contributed by atoms with Crippen molar-refractivity contribution < 1.29 is 49.9 Å². The molecule has 0 saturated carbocycles. The number of amides is 4. The maximum absolute atomic E-state index is 13.4. The van der Waals surface area contributed by atoms with Gasteiger partial charge in [0, 0.05) is 13.0 Å². The quantitative estimate of drug-likeness (QED) is 0.0882. The van der Waals surface area contributed by atoms with Gasteiger partial charge in [-0.3, -0.25) is 9.52 Å². The topological polar surface area (TPSA) is 127 Å². The Hall–Kier alpha value is -2.82. The number of halogens is 5. The van der Waals surface area contributed by atoms with Gasteiger partial charge in [0.15, 0.2) is 0 Å². The number of anilines is 2. The second-order valence-corrected chi connectivity index (χ2v) is 16.1. The molecular formula is C31H47F5N4O6S2. The molecule has 10 nitrogen and oxygen atoms in total. The van der Waals surface area contributed by atoms with Gasteiger partial charge in [-0.2, -0.15) is 46.4 Å². The number of rotatable bonds is 18. The molecule has 4 amide bonds. The number of aryl methyl sites for hydroxylation is 1. The van der Waals surface area contributed by atoms with Gasteiger partial charge in [0.2, 0.25) is 0 Å². The molecule has 1 saturated heterocycles. The zero-order chi connectivity index (χ0) is 36.7. The van der Waals surface area contributed by atoms with Crippen LogP contribution in [0.3, 0.4) is 0 Å². The molecule has 48 heavy (non-hydrogen) atoms. The Morgan fingerprint density at radius 1 is 0.938 bits per heavy atom. The second-order valence-electron chi connectivity index (χ2n) is 13.4. The van der Waals surface area contributed by atoms with Crippen molar-refractivity contribution in [2.45, 2.75) is 123 Å². The molecule has 0 atom stereocenters. The number of imide groups is 1. The summed E-state index contributed by atoms with van der Waals surface area (Å²) < 4.78 is 90.7. The molecule has 274 valence electrons. The van der Waals surface area contributed by atoms with E-state index < -0.39 is 57.8 Å². The number of hydrogen-bond donors (Lipinski definition) is 2. The zero-order valence-electron chi connectivity index (χ0n) is 28.3. The number of unbranched alkanes of at least 4 members (excludes halogenated alkanes) is 6. The lowest BCUT2D eigenvalue weighted by Gasteiger charge is -2.32. The number of carboxylic acid groups (broad SMARTS) is 1. The summed E-state index contributed by atoms with van der Waals surface area (Å²) in [5, 5.41) is 9.49. The predicted molar refractivity (Wildman–Crippen MR) is 177 cm³/mol. The lowest BCUT2D eigenvalue weighted by molar-refractivity contribution is -0.284. The number of alkyl halides is 5. The fraction of sp³-hybridized carbons (Fsp3) is 0.710. The first-order valence-corrected chi connectivity index (χ1v) is 18.4. The van der Waals surface area contributed by atoms with Crippen molar-refractivity contribution >= 4 is 51.4 Å². The Labute approximate surface area is 284 Å². The van der Waals surface area contributed by atoms with E-state index in [1.807, 2.05) is 0 Å². The Kier molecular flexibility index (Phi) is 14.0. The van der Waals surface area contributed by atoms with Crippen molar-refractivity contribution in [3.8, 4) is 0 Å². The van der Waals surface area contributed by atoms with E-state index in [4.69, 9.17) is 0 Å². The van der Waals surface area contributed by atoms with Gasteiger partial charge >= 0.3 is 34.4 Å². The highest BCUT2D eigenvalue weighted by atomic mass is 32.2. The average molecular weight is 731 g/mol. The standard InChI is InChI=1S/C31H47F5N4O6S2/c1-22-21-23(15-16-24(22)37-48(45,46)40(27(43)44)28(2,3)4)39-25(41)29(5,6)38(26(39)42)18-12-10-8-7-9-11-13-19-47-20-14-17-30(32,33)31(34,35)36/h15-16,21,37H,7-14,17-20H2,1-6H3,(H,43,44). The van der Waals surface area contributed by atoms with Crippen LogP contribution in [0.1, 0.15) is 98.0 Å². The van der Waals surface area contributed by atoms with Crippen LogP contribution >= 0.6 is 11.8 Å².